The van der Waals surface area contributed by atoms with E-state index in [4.69, 9.17) is 14.2 Å². The van der Waals surface area contributed by atoms with Crippen molar-refractivity contribution >= 4 is 17.7 Å². The van der Waals surface area contributed by atoms with Gasteiger partial charge in [-0.1, -0.05) is 26.7 Å². The number of methoxy groups -OCH3 is 2. The quantitative estimate of drug-likeness (QED) is 0.248. The van der Waals surface area contributed by atoms with Crippen molar-refractivity contribution in [1.82, 2.24) is 20.4 Å². The molecule has 10 heteroatoms. The zero-order valence-corrected chi connectivity index (χ0v) is 28.4. The molecule has 0 spiro atoms. The lowest BCUT2D eigenvalue weighted by molar-refractivity contribution is -0.135. The van der Waals surface area contributed by atoms with Crippen LogP contribution in [0.25, 0.3) is 0 Å². The van der Waals surface area contributed by atoms with E-state index in [2.05, 4.69) is 15.5 Å². The minimum atomic E-state index is -0.426. The Balaban J connectivity index is 1.43. The van der Waals surface area contributed by atoms with Crippen LogP contribution in [0, 0.1) is 17.8 Å². The van der Waals surface area contributed by atoms with Crippen LogP contribution in [0.3, 0.4) is 0 Å². The van der Waals surface area contributed by atoms with E-state index in [9.17, 15) is 14.4 Å². The second-order valence-corrected chi connectivity index (χ2v) is 13.9. The van der Waals surface area contributed by atoms with Crippen LogP contribution in [0.15, 0.2) is 18.2 Å². The molecule has 2 atom stereocenters. The molecule has 0 bridgehead atoms. The highest BCUT2D eigenvalue weighted by atomic mass is 16.5. The van der Waals surface area contributed by atoms with Crippen molar-refractivity contribution in [3.63, 3.8) is 0 Å². The molecule has 3 aliphatic rings. The molecule has 1 aromatic carbocycles. The lowest BCUT2D eigenvalue weighted by Crippen LogP contribution is -2.52. The number of carbonyl (C=O) groups is 3. The molecular weight excluding hydrogens is 572 g/mol. The van der Waals surface area contributed by atoms with Crippen LogP contribution in [0.2, 0.25) is 0 Å². The normalized spacial score (nSPS) is 20.8. The smallest absolute Gasteiger partial charge is 0.254 e. The van der Waals surface area contributed by atoms with Crippen molar-refractivity contribution in [1.29, 1.82) is 0 Å². The first-order chi connectivity index (χ1) is 21.6. The fourth-order valence-electron chi connectivity index (χ4n) is 6.76. The van der Waals surface area contributed by atoms with Crippen LogP contribution < -0.4 is 20.1 Å². The predicted molar refractivity (Wildman–Crippen MR) is 175 cm³/mol. The second kappa shape index (κ2) is 16.1. The van der Waals surface area contributed by atoms with E-state index >= 15 is 0 Å². The summed E-state index contributed by atoms with van der Waals surface area (Å²) in [6.07, 6.45) is 6.98. The first-order valence-corrected chi connectivity index (χ1v) is 17.0. The van der Waals surface area contributed by atoms with Gasteiger partial charge in [0.15, 0.2) is 11.5 Å². The molecule has 4 rings (SSSR count). The van der Waals surface area contributed by atoms with Gasteiger partial charge in [-0.3, -0.25) is 14.4 Å². The van der Waals surface area contributed by atoms with Crippen molar-refractivity contribution < 1.29 is 28.6 Å². The number of rotatable bonds is 17. The van der Waals surface area contributed by atoms with Gasteiger partial charge >= 0.3 is 0 Å². The van der Waals surface area contributed by atoms with Gasteiger partial charge < -0.3 is 34.6 Å². The molecule has 1 heterocycles. The summed E-state index contributed by atoms with van der Waals surface area (Å²) in [4.78, 5) is 44.5. The standard InChI is InChI=1S/C35H56N4O6/c1-24(2)33(41)37-35(14-7-8-15-35)19-32(40)39(29-11-12-29)23-28-21-36-20-27(28)22-38(25(3)4)34(42)26-10-13-30(44-6)31(18-26)45-17-9-16-43-5/h10,13,18,24-25,27-29,36H,7-9,11-12,14-17,19-23H2,1-6H3,(H,37,41)/t27-,28+/m0/s1. The van der Waals surface area contributed by atoms with Gasteiger partial charge in [0, 0.05) is 81.8 Å². The summed E-state index contributed by atoms with van der Waals surface area (Å²) in [6.45, 7) is 11.9. The Morgan fingerprint density at radius 1 is 0.978 bits per heavy atom. The number of amides is 3. The van der Waals surface area contributed by atoms with Crippen LogP contribution in [0.5, 0.6) is 11.5 Å². The van der Waals surface area contributed by atoms with Gasteiger partial charge in [-0.15, -0.1) is 0 Å². The molecule has 2 saturated carbocycles. The summed E-state index contributed by atoms with van der Waals surface area (Å²) in [5.41, 5.74) is 0.138. The fraction of sp³-hybridized carbons (Fsp3) is 0.743. The van der Waals surface area contributed by atoms with Crippen LogP contribution in [0.4, 0.5) is 0 Å². The number of hydrogen-bond acceptors (Lipinski definition) is 7. The SMILES string of the molecule is COCCCOc1cc(C(=O)N(C[C@@H]2CNC[C@@H]2CN(C(=O)CC2(NC(=O)C(C)C)CCCC2)C2CC2)C(C)C)ccc1OC. The largest absolute Gasteiger partial charge is 0.493 e. The monoisotopic (exact) mass is 628 g/mol. The summed E-state index contributed by atoms with van der Waals surface area (Å²) in [7, 11) is 3.25. The highest BCUT2D eigenvalue weighted by molar-refractivity contribution is 5.95. The molecular formula is C35H56N4O6. The summed E-state index contributed by atoms with van der Waals surface area (Å²) in [5.74, 6) is 1.63. The molecule has 3 fully saturated rings. The molecule has 1 aliphatic heterocycles. The van der Waals surface area contributed by atoms with Crippen LogP contribution in [-0.4, -0.2) is 98.8 Å². The van der Waals surface area contributed by atoms with Crippen molar-refractivity contribution in [2.24, 2.45) is 17.8 Å². The van der Waals surface area contributed by atoms with Crippen molar-refractivity contribution in [3.05, 3.63) is 23.8 Å². The van der Waals surface area contributed by atoms with Crippen LogP contribution >= 0.6 is 0 Å². The van der Waals surface area contributed by atoms with Crippen molar-refractivity contribution in [3.8, 4) is 11.5 Å². The van der Waals surface area contributed by atoms with Gasteiger partial charge in [-0.2, -0.15) is 0 Å². The minimum absolute atomic E-state index is 0.000108. The average molecular weight is 629 g/mol. The molecule has 45 heavy (non-hydrogen) atoms. The second-order valence-electron chi connectivity index (χ2n) is 13.9. The molecule has 1 saturated heterocycles. The Hall–Kier alpha value is -2.85. The van der Waals surface area contributed by atoms with E-state index in [0.717, 1.165) is 58.0 Å². The van der Waals surface area contributed by atoms with E-state index in [-0.39, 0.29) is 47.6 Å². The Bertz CT molecular complexity index is 1150. The minimum Gasteiger partial charge on any atom is -0.493 e. The van der Waals surface area contributed by atoms with Gasteiger partial charge in [0.2, 0.25) is 11.8 Å². The molecule has 0 radical (unpaired) electrons. The molecule has 252 valence electrons. The van der Waals surface area contributed by atoms with E-state index in [1.165, 1.54) is 0 Å². The van der Waals surface area contributed by atoms with Crippen molar-refractivity contribution in [2.45, 2.75) is 96.7 Å². The van der Waals surface area contributed by atoms with Gasteiger partial charge in [0.1, 0.15) is 0 Å². The van der Waals surface area contributed by atoms with Crippen LogP contribution in [0.1, 0.15) is 89.4 Å². The maximum absolute atomic E-state index is 13.9. The van der Waals surface area contributed by atoms with Crippen molar-refractivity contribution in [2.75, 3.05) is 53.6 Å². The molecule has 1 aromatic rings. The number of hydrogen-bond donors (Lipinski definition) is 2. The van der Waals surface area contributed by atoms with Gasteiger partial charge in [0.25, 0.3) is 5.91 Å². The first kappa shape index (κ1) is 35.0. The fourth-order valence-corrected chi connectivity index (χ4v) is 6.76. The van der Waals surface area contributed by atoms with Gasteiger partial charge in [0.05, 0.1) is 13.7 Å². The number of nitrogens with zero attached hydrogens (tertiary/aromatic N) is 2. The zero-order valence-electron chi connectivity index (χ0n) is 28.4. The summed E-state index contributed by atoms with van der Waals surface area (Å²) < 4.78 is 16.6. The molecule has 0 unspecified atom stereocenters. The predicted octanol–water partition coefficient (Wildman–Crippen LogP) is 4.26. The Morgan fingerprint density at radius 2 is 1.67 bits per heavy atom. The molecule has 0 aromatic heterocycles. The highest BCUT2D eigenvalue weighted by Crippen LogP contribution is 2.37. The van der Waals surface area contributed by atoms with Gasteiger partial charge in [-0.05, 0) is 69.6 Å². The number of carbonyl (C=O) groups excluding carboxylic acids is 3. The van der Waals surface area contributed by atoms with Gasteiger partial charge in [-0.25, -0.2) is 0 Å². The summed E-state index contributed by atoms with van der Waals surface area (Å²) in [6, 6.07) is 5.64. The Labute approximate surface area is 269 Å². The maximum atomic E-state index is 13.9. The van der Waals surface area contributed by atoms with E-state index in [0.29, 0.717) is 49.8 Å². The van der Waals surface area contributed by atoms with Crippen LogP contribution in [-0.2, 0) is 14.3 Å². The van der Waals surface area contributed by atoms with E-state index in [1.807, 2.05) is 32.6 Å². The maximum Gasteiger partial charge on any atom is 0.254 e. The first-order valence-electron chi connectivity index (χ1n) is 17.0. The average Bonchev–Trinajstić information content (AvgIpc) is 3.59. The number of nitrogens with one attached hydrogen (secondary N) is 2. The molecule has 2 aliphatic carbocycles. The Morgan fingerprint density at radius 3 is 2.27 bits per heavy atom. The highest BCUT2D eigenvalue weighted by Gasteiger charge is 2.43. The third-order valence-corrected chi connectivity index (χ3v) is 9.66. The topological polar surface area (TPSA) is 109 Å². The number of benzene rings is 1. The molecule has 3 amide bonds. The van der Waals surface area contributed by atoms with E-state index in [1.54, 1.807) is 32.4 Å². The number of ether oxygens (including phenoxy) is 3. The lowest BCUT2D eigenvalue weighted by Gasteiger charge is -2.36. The third kappa shape index (κ3) is 9.35. The Kier molecular flexibility index (Phi) is 12.5. The van der Waals surface area contributed by atoms with E-state index < -0.39 is 5.54 Å². The third-order valence-electron chi connectivity index (χ3n) is 9.66. The summed E-state index contributed by atoms with van der Waals surface area (Å²) in [5, 5.41) is 6.81. The lowest BCUT2D eigenvalue weighted by atomic mass is 9.90. The zero-order chi connectivity index (χ0) is 32.6. The molecule has 2 N–H and O–H groups in total. The molecule has 10 nitrogen and oxygen atoms in total. The summed E-state index contributed by atoms with van der Waals surface area (Å²) >= 11 is 0.